The molecule has 2 heterocycles. The van der Waals surface area contributed by atoms with Crippen molar-refractivity contribution in [2.75, 3.05) is 20.1 Å². The number of rotatable bonds is 10. The molecule has 2 N–H and O–H groups in total. The molecular weight excluding hydrogens is 425 g/mol. The van der Waals surface area contributed by atoms with Crippen molar-refractivity contribution in [1.82, 2.24) is 25.3 Å². The van der Waals surface area contributed by atoms with Gasteiger partial charge in [0.05, 0.1) is 5.69 Å². The van der Waals surface area contributed by atoms with E-state index in [1.165, 1.54) is 12.1 Å². The second kappa shape index (κ2) is 9.33. The molecule has 2 fully saturated rings. The molecule has 8 nitrogen and oxygen atoms in total. The largest absolute Gasteiger partial charge is 0.344 e. The first-order chi connectivity index (χ1) is 15.8. The Kier molecular flexibility index (Phi) is 6.49. The van der Waals surface area contributed by atoms with E-state index in [0.717, 1.165) is 54.7 Å². The third kappa shape index (κ3) is 5.07. The molecule has 33 heavy (non-hydrogen) atoms. The molecule has 1 unspecified atom stereocenters. The van der Waals surface area contributed by atoms with Crippen LogP contribution in [0.4, 0.5) is 9.18 Å². The van der Waals surface area contributed by atoms with Crippen molar-refractivity contribution in [3.05, 3.63) is 41.8 Å². The SMILES string of the molecule is CN(CCCCCc1cc(-c2cccc(F)c2)n[nH]1)C(=O)CN1C(=O)NC(C)(C2CC2)C1=O. The summed E-state index contributed by atoms with van der Waals surface area (Å²) < 4.78 is 13.4. The first-order valence-corrected chi connectivity index (χ1v) is 11.5. The number of H-pyrrole nitrogens is 1. The van der Waals surface area contributed by atoms with E-state index < -0.39 is 11.6 Å². The van der Waals surface area contributed by atoms with Gasteiger partial charge in [-0.15, -0.1) is 0 Å². The fourth-order valence-electron chi connectivity index (χ4n) is 4.30. The number of carbonyl (C=O) groups is 3. The molecule has 1 atom stereocenters. The van der Waals surface area contributed by atoms with Crippen molar-refractivity contribution >= 4 is 17.8 Å². The number of aromatic nitrogens is 2. The second-order valence-corrected chi connectivity index (χ2v) is 9.21. The Bertz CT molecular complexity index is 1050. The Morgan fingerprint density at radius 2 is 2.03 bits per heavy atom. The van der Waals surface area contributed by atoms with E-state index in [-0.39, 0.29) is 30.1 Å². The van der Waals surface area contributed by atoms with E-state index >= 15 is 0 Å². The van der Waals surface area contributed by atoms with Gasteiger partial charge in [-0.1, -0.05) is 18.6 Å². The maximum Gasteiger partial charge on any atom is 0.325 e. The van der Waals surface area contributed by atoms with Crippen molar-refractivity contribution in [1.29, 1.82) is 0 Å². The maximum absolute atomic E-state index is 13.4. The normalized spacial score (nSPS) is 20.3. The molecule has 176 valence electrons. The topological polar surface area (TPSA) is 98.4 Å². The predicted molar refractivity (Wildman–Crippen MR) is 121 cm³/mol. The highest BCUT2D eigenvalue weighted by molar-refractivity contribution is 6.09. The summed E-state index contributed by atoms with van der Waals surface area (Å²) in [7, 11) is 1.70. The number of urea groups is 1. The molecule has 0 radical (unpaired) electrons. The number of imide groups is 1. The first kappa shape index (κ1) is 22.9. The smallest absolute Gasteiger partial charge is 0.325 e. The fraction of sp³-hybridized carbons (Fsp3) is 0.500. The van der Waals surface area contributed by atoms with E-state index in [9.17, 15) is 18.8 Å². The lowest BCUT2D eigenvalue weighted by molar-refractivity contribution is -0.138. The quantitative estimate of drug-likeness (QED) is 0.425. The number of carbonyl (C=O) groups excluding carboxylic acids is 3. The molecule has 1 aliphatic heterocycles. The summed E-state index contributed by atoms with van der Waals surface area (Å²) in [6.07, 6.45) is 5.30. The highest BCUT2D eigenvalue weighted by atomic mass is 19.1. The molecule has 0 bridgehead atoms. The third-order valence-corrected chi connectivity index (χ3v) is 6.61. The lowest BCUT2D eigenvalue weighted by Crippen LogP contribution is -2.47. The number of unbranched alkanes of at least 4 members (excludes halogenated alkanes) is 2. The summed E-state index contributed by atoms with van der Waals surface area (Å²) in [5.74, 6) is -0.658. The molecule has 4 rings (SSSR count). The zero-order valence-corrected chi connectivity index (χ0v) is 19.1. The van der Waals surface area contributed by atoms with E-state index in [1.807, 2.05) is 12.1 Å². The molecule has 2 aliphatic rings. The Hall–Kier alpha value is -3.23. The number of hydrogen-bond acceptors (Lipinski definition) is 4. The highest BCUT2D eigenvalue weighted by Gasteiger charge is 2.56. The van der Waals surface area contributed by atoms with Crippen LogP contribution in [0.1, 0.15) is 44.7 Å². The van der Waals surface area contributed by atoms with E-state index in [1.54, 1.807) is 24.9 Å². The zero-order chi connectivity index (χ0) is 23.6. The lowest BCUT2D eigenvalue weighted by atomic mass is 9.96. The standard InChI is InChI=1S/C24H30FN5O3/c1-24(17-10-11-17)22(32)30(23(33)26-24)15-21(31)29(2)12-5-3-4-9-19-14-20(28-27-19)16-7-6-8-18(25)13-16/h6-8,13-14,17H,3-5,9-12,15H2,1-2H3,(H,26,33)(H,27,28). The predicted octanol–water partition coefficient (Wildman–Crippen LogP) is 3.11. The molecule has 1 aromatic carbocycles. The van der Waals surface area contributed by atoms with Gasteiger partial charge in [0.1, 0.15) is 17.9 Å². The van der Waals surface area contributed by atoms with Crippen LogP contribution in [0.2, 0.25) is 0 Å². The molecule has 1 saturated heterocycles. The summed E-state index contributed by atoms with van der Waals surface area (Å²) in [6, 6.07) is 7.79. The maximum atomic E-state index is 13.4. The lowest BCUT2D eigenvalue weighted by Gasteiger charge is -2.22. The molecule has 1 aromatic heterocycles. The Morgan fingerprint density at radius 3 is 2.76 bits per heavy atom. The van der Waals surface area contributed by atoms with Crippen LogP contribution in [-0.2, 0) is 16.0 Å². The van der Waals surface area contributed by atoms with Crippen LogP contribution < -0.4 is 5.32 Å². The monoisotopic (exact) mass is 455 g/mol. The van der Waals surface area contributed by atoms with Gasteiger partial charge in [0.15, 0.2) is 0 Å². The van der Waals surface area contributed by atoms with Gasteiger partial charge in [-0.05, 0) is 63.1 Å². The average molecular weight is 456 g/mol. The van der Waals surface area contributed by atoms with Crippen LogP contribution in [0.15, 0.2) is 30.3 Å². The van der Waals surface area contributed by atoms with Crippen molar-refractivity contribution in [2.24, 2.45) is 5.92 Å². The van der Waals surface area contributed by atoms with Crippen LogP contribution in [-0.4, -0.2) is 63.5 Å². The Labute approximate surface area is 192 Å². The minimum Gasteiger partial charge on any atom is -0.344 e. The molecular formula is C24H30FN5O3. The van der Waals surface area contributed by atoms with Crippen molar-refractivity contribution in [3.8, 4) is 11.3 Å². The van der Waals surface area contributed by atoms with Crippen LogP contribution in [0.5, 0.6) is 0 Å². The zero-order valence-electron chi connectivity index (χ0n) is 19.1. The molecule has 1 saturated carbocycles. The van der Waals surface area contributed by atoms with Crippen LogP contribution in [0.25, 0.3) is 11.3 Å². The van der Waals surface area contributed by atoms with Crippen molar-refractivity contribution in [2.45, 2.75) is 51.0 Å². The molecule has 1 aliphatic carbocycles. The van der Waals surface area contributed by atoms with E-state index in [4.69, 9.17) is 0 Å². The molecule has 4 amide bonds. The third-order valence-electron chi connectivity index (χ3n) is 6.61. The summed E-state index contributed by atoms with van der Waals surface area (Å²) in [5, 5.41) is 10.0. The number of nitrogens with zero attached hydrogens (tertiary/aromatic N) is 3. The van der Waals surface area contributed by atoms with Gasteiger partial charge in [-0.2, -0.15) is 5.10 Å². The Morgan fingerprint density at radius 1 is 1.24 bits per heavy atom. The van der Waals surface area contributed by atoms with Crippen LogP contribution in [0.3, 0.4) is 0 Å². The van der Waals surface area contributed by atoms with Gasteiger partial charge in [-0.25, -0.2) is 9.18 Å². The number of halogens is 1. The van der Waals surface area contributed by atoms with Gasteiger partial charge in [0.2, 0.25) is 5.91 Å². The highest BCUT2D eigenvalue weighted by Crippen LogP contribution is 2.42. The van der Waals surface area contributed by atoms with Gasteiger partial charge < -0.3 is 10.2 Å². The van der Waals surface area contributed by atoms with Crippen molar-refractivity contribution < 1.29 is 18.8 Å². The number of aromatic amines is 1. The van der Waals surface area contributed by atoms with Gasteiger partial charge in [0, 0.05) is 24.8 Å². The number of likely N-dealkylation sites (N-methyl/N-ethyl adjacent to an activating group) is 1. The second-order valence-electron chi connectivity index (χ2n) is 9.21. The van der Waals surface area contributed by atoms with Crippen LogP contribution in [0, 0.1) is 11.7 Å². The Balaban J connectivity index is 1.17. The molecule has 9 heteroatoms. The average Bonchev–Trinajstić information content (AvgIpc) is 3.50. The number of aryl methyl sites for hydroxylation is 1. The summed E-state index contributed by atoms with van der Waals surface area (Å²) >= 11 is 0. The van der Waals surface area contributed by atoms with E-state index in [0.29, 0.717) is 12.2 Å². The summed E-state index contributed by atoms with van der Waals surface area (Å²) in [6.45, 7) is 2.08. The minimum atomic E-state index is -0.864. The number of amides is 4. The number of hydrogen-bond donors (Lipinski definition) is 2. The van der Waals surface area contributed by atoms with Gasteiger partial charge in [0.25, 0.3) is 5.91 Å². The molecule has 2 aromatic rings. The van der Waals surface area contributed by atoms with E-state index in [2.05, 4.69) is 15.5 Å². The summed E-state index contributed by atoms with van der Waals surface area (Å²) in [5.41, 5.74) is 1.57. The first-order valence-electron chi connectivity index (χ1n) is 11.5. The fourth-order valence-corrected chi connectivity index (χ4v) is 4.30. The summed E-state index contributed by atoms with van der Waals surface area (Å²) in [4.78, 5) is 40.1. The number of benzene rings is 1. The minimum absolute atomic E-state index is 0.173. The van der Waals surface area contributed by atoms with Gasteiger partial charge >= 0.3 is 6.03 Å². The van der Waals surface area contributed by atoms with Crippen LogP contribution >= 0.6 is 0 Å². The molecule has 0 spiro atoms. The number of nitrogens with one attached hydrogen (secondary N) is 2. The van der Waals surface area contributed by atoms with Crippen molar-refractivity contribution in [3.63, 3.8) is 0 Å². The van der Waals surface area contributed by atoms with Gasteiger partial charge in [-0.3, -0.25) is 19.6 Å².